The van der Waals surface area contributed by atoms with Crippen molar-refractivity contribution in [1.29, 1.82) is 0 Å². The molecule has 2 aromatic carbocycles. The van der Waals surface area contributed by atoms with Gasteiger partial charge in [0.1, 0.15) is 5.82 Å². The van der Waals surface area contributed by atoms with E-state index in [2.05, 4.69) is 62.2 Å². The van der Waals surface area contributed by atoms with Gasteiger partial charge in [-0.25, -0.2) is 4.98 Å². The summed E-state index contributed by atoms with van der Waals surface area (Å²) in [4.78, 5) is 13.5. The van der Waals surface area contributed by atoms with Gasteiger partial charge in [0, 0.05) is 49.7 Å². The lowest BCUT2D eigenvalue weighted by Gasteiger charge is -2.37. The molecule has 5 rings (SSSR count). The molecular formula is C21H24N4. The fraction of sp³-hybridized carbons (Fsp3) is 0.381. The number of hydrogen-bond acceptors (Lipinski definition) is 3. The van der Waals surface area contributed by atoms with Gasteiger partial charge >= 0.3 is 0 Å². The standard InChI is InChI=1S/C21H24N4/c1-2-8-19-16(5-1)6-3-9-20(19)21-22-13-17(23-21)14-24-11-12-25-10-4-7-18(25)15-24/h1-3,5-6,8-9,13,18H,4,7,10-12,14-15H2,(H,22,23). The molecule has 3 heterocycles. The monoisotopic (exact) mass is 332 g/mol. The van der Waals surface area contributed by atoms with Crippen LogP contribution in [0.5, 0.6) is 0 Å². The third-order valence-corrected chi connectivity index (χ3v) is 5.74. The van der Waals surface area contributed by atoms with E-state index in [1.165, 1.54) is 61.1 Å². The van der Waals surface area contributed by atoms with Crippen molar-refractivity contribution in [2.75, 3.05) is 26.2 Å². The number of H-pyrrole nitrogens is 1. The van der Waals surface area contributed by atoms with E-state index in [0.717, 1.165) is 18.4 Å². The molecule has 1 N–H and O–H groups in total. The third-order valence-electron chi connectivity index (χ3n) is 5.74. The Balaban J connectivity index is 1.36. The van der Waals surface area contributed by atoms with Crippen LogP contribution in [0.2, 0.25) is 0 Å². The summed E-state index contributed by atoms with van der Waals surface area (Å²) in [6.07, 6.45) is 4.74. The molecule has 0 radical (unpaired) electrons. The van der Waals surface area contributed by atoms with Crippen LogP contribution in [0.25, 0.3) is 22.2 Å². The van der Waals surface area contributed by atoms with Crippen LogP contribution < -0.4 is 0 Å². The van der Waals surface area contributed by atoms with Gasteiger partial charge in [-0.05, 0) is 30.2 Å². The Morgan fingerprint density at radius 2 is 1.96 bits per heavy atom. The van der Waals surface area contributed by atoms with Gasteiger partial charge < -0.3 is 4.98 Å². The summed E-state index contributed by atoms with van der Waals surface area (Å²) in [6.45, 7) is 5.85. The number of fused-ring (bicyclic) bond motifs is 2. The van der Waals surface area contributed by atoms with E-state index in [4.69, 9.17) is 0 Å². The number of benzene rings is 2. The van der Waals surface area contributed by atoms with E-state index in [-0.39, 0.29) is 0 Å². The Labute approximate surface area is 148 Å². The first kappa shape index (κ1) is 15.1. The van der Waals surface area contributed by atoms with E-state index in [0.29, 0.717) is 0 Å². The minimum absolute atomic E-state index is 0.772. The van der Waals surface area contributed by atoms with Crippen molar-refractivity contribution >= 4 is 10.8 Å². The minimum atomic E-state index is 0.772. The van der Waals surface area contributed by atoms with Crippen LogP contribution in [0, 0.1) is 0 Å². The van der Waals surface area contributed by atoms with Gasteiger partial charge in [0.2, 0.25) is 0 Å². The summed E-state index contributed by atoms with van der Waals surface area (Å²) in [6, 6.07) is 15.7. The number of piperazine rings is 1. The normalized spacial score (nSPS) is 21.7. The second-order valence-electron chi connectivity index (χ2n) is 7.35. The zero-order valence-corrected chi connectivity index (χ0v) is 14.5. The van der Waals surface area contributed by atoms with Crippen molar-refractivity contribution in [1.82, 2.24) is 19.8 Å². The molecule has 1 aromatic heterocycles. The number of imidazole rings is 1. The zero-order valence-electron chi connectivity index (χ0n) is 14.5. The predicted octanol–water partition coefficient (Wildman–Crippen LogP) is 3.51. The first-order valence-corrected chi connectivity index (χ1v) is 9.35. The molecule has 4 nitrogen and oxygen atoms in total. The van der Waals surface area contributed by atoms with E-state index in [1.807, 2.05) is 6.20 Å². The summed E-state index contributed by atoms with van der Waals surface area (Å²) < 4.78 is 0. The van der Waals surface area contributed by atoms with Crippen molar-refractivity contribution in [2.24, 2.45) is 0 Å². The van der Waals surface area contributed by atoms with Crippen LogP contribution in [-0.2, 0) is 6.54 Å². The van der Waals surface area contributed by atoms with Crippen LogP contribution >= 0.6 is 0 Å². The highest BCUT2D eigenvalue weighted by molar-refractivity contribution is 5.95. The van der Waals surface area contributed by atoms with Crippen molar-refractivity contribution in [2.45, 2.75) is 25.4 Å². The van der Waals surface area contributed by atoms with Crippen molar-refractivity contribution in [3.63, 3.8) is 0 Å². The average molecular weight is 332 g/mol. The Morgan fingerprint density at radius 1 is 1.04 bits per heavy atom. The lowest BCUT2D eigenvalue weighted by atomic mass is 10.0. The fourth-order valence-corrected chi connectivity index (χ4v) is 4.45. The molecule has 1 atom stereocenters. The maximum Gasteiger partial charge on any atom is 0.138 e. The SMILES string of the molecule is c1ccc2c(-c3ncc(CN4CCN5CCCC5C4)[nH]3)cccc2c1. The predicted molar refractivity (Wildman–Crippen MR) is 101 cm³/mol. The van der Waals surface area contributed by atoms with Gasteiger partial charge in [0.15, 0.2) is 0 Å². The van der Waals surface area contributed by atoms with Crippen LogP contribution in [0.15, 0.2) is 48.7 Å². The largest absolute Gasteiger partial charge is 0.341 e. The summed E-state index contributed by atoms with van der Waals surface area (Å²) in [7, 11) is 0. The van der Waals surface area contributed by atoms with Crippen LogP contribution in [0.3, 0.4) is 0 Å². The number of hydrogen-bond donors (Lipinski definition) is 1. The van der Waals surface area contributed by atoms with E-state index < -0.39 is 0 Å². The Morgan fingerprint density at radius 3 is 2.96 bits per heavy atom. The molecule has 0 spiro atoms. The maximum atomic E-state index is 4.68. The Bertz CT molecular complexity index is 879. The molecule has 0 saturated carbocycles. The molecule has 2 aliphatic rings. The summed E-state index contributed by atoms with van der Waals surface area (Å²) in [5, 5.41) is 2.51. The van der Waals surface area contributed by atoms with E-state index in [1.54, 1.807) is 0 Å². The molecule has 2 aliphatic heterocycles. The van der Waals surface area contributed by atoms with E-state index in [9.17, 15) is 0 Å². The van der Waals surface area contributed by atoms with Crippen molar-refractivity contribution < 1.29 is 0 Å². The third kappa shape index (κ3) is 2.86. The quantitative estimate of drug-likeness (QED) is 0.797. The fourth-order valence-electron chi connectivity index (χ4n) is 4.45. The Hall–Kier alpha value is -2.17. The summed E-state index contributed by atoms with van der Waals surface area (Å²) in [5.41, 5.74) is 2.40. The second kappa shape index (κ2) is 6.28. The summed E-state index contributed by atoms with van der Waals surface area (Å²) >= 11 is 0. The van der Waals surface area contributed by atoms with Crippen LogP contribution in [-0.4, -0.2) is 52.0 Å². The van der Waals surface area contributed by atoms with Gasteiger partial charge in [0.25, 0.3) is 0 Å². The van der Waals surface area contributed by atoms with Crippen molar-refractivity contribution in [3.8, 4) is 11.4 Å². The molecule has 0 aliphatic carbocycles. The van der Waals surface area contributed by atoms with Gasteiger partial charge in [-0.1, -0.05) is 42.5 Å². The second-order valence-corrected chi connectivity index (χ2v) is 7.35. The number of nitrogens with zero attached hydrogens (tertiary/aromatic N) is 3. The first-order valence-electron chi connectivity index (χ1n) is 9.35. The molecule has 3 aromatic rings. The Kier molecular flexibility index (Phi) is 3.80. The molecule has 0 amide bonds. The van der Waals surface area contributed by atoms with Gasteiger partial charge in [-0.15, -0.1) is 0 Å². The van der Waals surface area contributed by atoms with Gasteiger partial charge in [-0.3, -0.25) is 9.80 Å². The lowest BCUT2D eigenvalue weighted by molar-refractivity contribution is 0.0985. The number of aromatic nitrogens is 2. The average Bonchev–Trinajstić information content (AvgIpc) is 3.30. The van der Waals surface area contributed by atoms with Crippen LogP contribution in [0.1, 0.15) is 18.5 Å². The summed E-state index contributed by atoms with van der Waals surface area (Å²) in [5.74, 6) is 0.978. The highest BCUT2D eigenvalue weighted by Gasteiger charge is 2.30. The maximum absolute atomic E-state index is 4.68. The number of rotatable bonds is 3. The molecular weight excluding hydrogens is 308 g/mol. The number of aromatic amines is 1. The molecule has 0 bridgehead atoms. The van der Waals surface area contributed by atoms with Crippen molar-refractivity contribution in [3.05, 3.63) is 54.4 Å². The molecule has 1 unspecified atom stereocenters. The zero-order chi connectivity index (χ0) is 16.6. The van der Waals surface area contributed by atoms with Gasteiger partial charge in [-0.2, -0.15) is 0 Å². The van der Waals surface area contributed by atoms with Gasteiger partial charge in [0.05, 0.1) is 0 Å². The molecule has 128 valence electrons. The van der Waals surface area contributed by atoms with Crippen LogP contribution in [0.4, 0.5) is 0 Å². The topological polar surface area (TPSA) is 35.2 Å². The first-order chi connectivity index (χ1) is 12.4. The highest BCUT2D eigenvalue weighted by Crippen LogP contribution is 2.27. The van der Waals surface area contributed by atoms with E-state index >= 15 is 0 Å². The smallest absolute Gasteiger partial charge is 0.138 e. The molecule has 2 fully saturated rings. The molecule has 4 heteroatoms. The lowest BCUT2D eigenvalue weighted by Crippen LogP contribution is -2.49. The number of nitrogens with one attached hydrogen (secondary N) is 1. The highest BCUT2D eigenvalue weighted by atomic mass is 15.3. The minimum Gasteiger partial charge on any atom is -0.341 e. The molecule has 2 saturated heterocycles. The molecule has 25 heavy (non-hydrogen) atoms.